The summed E-state index contributed by atoms with van der Waals surface area (Å²) in [7, 11) is 0. The maximum absolute atomic E-state index is 9.71. The standard InChI is InChI=1S/C26H33ClN6O/c1-19-2-7-26(29-28-19)33-25(21-3-5-22(27)6-4-21)18-24(30-33)20-8-12-31(13-9-20)16-17-32-14-10-23(34)11-15-32/h2-7,18,20,23,34H,8-17H2,1H3. The number of hydrogen-bond acceptors (Lipinski definition) is 6. The van der Waals surface area contributed by atoms with Gasteiger partial charge in [-0.25, -0.2) is 4.68 Å². The number of aliphatic hydroxyl groups excluding tert-OH is 1. The molecule has 1 aromatic carbocycles. The fourth-order valence-electron chi connectivity index (χ4n) is 4.98. The predicted octanol–water partition coefficient (Wildman–Crippen LogP) is 3.93. The molecule has 0 atom stereocenters. The Labute approximate surface area is 206 Å². The molecular formula is C26H33ClN6O. The van der Waals surface area contributed by atoms with Crippen molar-refractivity contribution in [3.8, 4) is 17.1 Å². The second-order valence-electron chi connectivity index (χ2n) is 9.59. The molecule has 5 rings (SSSR count). The van der Waals surface area contributed by atoms with E-state index in [-0.39, 0.29) is 6.10 Å². The average Bonchev–Trinajstić information content (AvgIpc) is 3.30. The molecule has 2 aromatic heterocycles. The average molecular weight is 481 g/mol. The summed E-state index contributed by atoms with van der Waals surface area (Å²) in [6.45, 7) is 8.36. The number of aryl methyl sites for hydroxylation is 1. The van der Waals surface area contributed by atoms with Crippen molar-refractivity contribution in [1.29, 1.82) is 0 Å². The summed E-state index contributed by atoms with van der Waals surface area (Å²) >= 11 is 6.13. The number of halogens is 1. The summed E-state index contributed by atoms with van der Waals surface area (Å²) in [5.74, 6) is 1.16. The van der Waals surface area contributed by atoms with Gasteiger partial charge in [0.05, 0.1) is 23.2 Å². The van der Waals surface area contributed by atoms with Gasteiger partial charge < -0.3 is 14.9 Å². The van der Waals surface area contributed by atoms with Gasteiger partial charge >= 0.3 is 0 Å². The normalized spacial score (nSPS) is 19.0. The lowest BCUT2D eigenvalue weighted by molar-refractivity contribution is 0.0744. The van der Waals surface area contributed by atoms with Crippen LogP contribution >= 0.6 is 11.6 Å². The number of aliphatic hydroxyl groups is 1. The first kappa shape index (κ1) is 23.4. The van der Waals surface area contributed by atoms with Crippen LogP contribution < -0.4 is 0 Å². The minimum absolute atomic E-state index is 0.101. The third-order valence-corrected chi connectivity index (χ3v) is 7.42. The highest BCUT2D eigenvalue weighted by molar-refractivity contribution is 6.30. The number of nitrogens with zero attached hydrogens (tertiary/aromatic N) is 6. The first-order valence-electron chi connectivity index (χ1n) is 12.3. The van der Waals surface area contributed by atoms with E-state index in [1.807, 2.05) is 48.0 Å². The van der Waals surface area contributed by atoms with Gasteiger partial charge in [0.15, 0.2) is 5.82 Å². The van der Waals surface area contributed by atoms with E-state index < -0.39 is 0 Å². The zero-order valence-corrected chi connectivity index (χ0v) is 20.5. The first-order chi connectivity index (χ1) is 16.5. The van der Waals surface area contributed by atoms with Gasteiger partial charge in [-0.05, 0) is 76.0 Å². The van der Waals surface area contributed by atoms with Crippen molar-refractivity contribution in [2.24, 2.45) is 0 Å². The third kappa shape index (κ3) is 5.49. The van der Waals surface area contributed by atoms with Crippen LogP contribution in [-0.2, 0) is 0 Å². The summed E-state index contributed by atoms with van der Waals surface area (Å²) < 4.78 is 1.92. The summed E-state index contributed by atoms with van der Waals surface area (Å²) in [6, 6.07) is 14.0. The van der Waals surface area contributed by atoms with Gasteiger partial charge in [-0.3, -0.25) is 0 Å². The maximum Gasteiger partial charge on any atom is 0.176 e. The van der Waals surface area contributed by atoms with Crippen LogP contribution in [0.3, 0.4) is 0 Å². The van der Waals surface area contributed by atoms with Gasteiger partial charge in [-0.2, -0.15) is 10.2 Å². The van der Waals surface area contributed by atoms with Crippen molar-refractivity contribution in [1.82, 2.24) is 29.8 Å². The van der Waals surface area contributed by atoms with Crippen molar-refractivity contribution in [2.75, 3.05) is 39.3 Å². The van der Waals surface area contributed by atoms with E-state index in [0.717, 1.165) is 98.4 Å². The molecule has 0 amide bonds. The van der Waals surface area contributed by atoms with Crippen LogP contribution in [0.4, 0.5) is 0 Å². The summed E-state index contributed by atoms with van der Waals surface area (Å²) in [5, 5.41) is 24.1. The van der Waals surface area contributed by atoms with E-state index in [1.54, 1.807) is 0 Å². The Bertz CT molecular complexity index is 1000. The number of hydrogen-bond donors (Lipinski definition) is 1. The van der Waals surface area contributed by atoms with Crippen molar-refractivity contribution in [3.63, 3.8) is 0 Å². The van der Waals surface area contributed by atoms with Crippen LogP contribution in [0.5, 0.6) is 0 Å². The minimum Gasteiger partial charge on any atom is -0.393 e. The lowest BCUT2D eigenvalue weighted by Gasteiger charge is -2.34. The Morgan fingerprint density at radius 3 is 2.15 bits per heavy atom. The van der Waals surface area contributed by atoms with Crippen LogP contribution in [-0.4, -0.2) is 80.3 Å². The second kappa shape index (κ2) is 10.5. The van der Waals surface area contributed by atoms with Gasteiger partial charge in [0.1, 0.15) is 0 Å². The molecular weight excluding hydrogens is 448 g/mol. The van der Waals surface area contributed by atoms with E-state index in [2.05, 4.69) is 26.1 Å². The van der Waals surface area contributed by atoms with E-state index >= 15 is 0 Å². The van der Waals surface area contributed by atoms with Crippen molar-refractivity contribution in [2.45, 2.75) is 44.6 Å². The SMILES string of the molecule is Cc1ccc(-n2nc(C3CCN(CCN4CCC(O)CC4)CC3)cc2-c2ccc(Cl)cc2)nn1. The molecule has 2 aliphatic heterocycles. The maximum atomic E-state index is 9.71. The molecule has 0 spiro atoms. The van der Waals surface area contributed by atoms with Gasteiger partial charge in [0.25, 0.3) is 0 Å². The Kier molecular flexibility index (Phi) is 7.25. The Morgan fingerprint density at radius 2 is 1.53 bits per heavy atom. The lowest BCUT2D eigenvalue weighted by atomic mass is 9.93. The molecule has 1 N–H and O–H groups in total. The number of piperidine rings is 2. The molecule has 0 unspecified atom stereocenters. The highest BCUT2D eigenvalue weighted by Crippen LogP contribution is 2.32. The third-order valence-electron chi connectivity index (χ3n) is 7.16. The van der Waals surface area contributed by atoms with Crippen LogP contribution in [0.1, 0.15) is 43.0 Å². The van der Waals surface area contributed by atoms with E-state index in [4.69, 9.17) is 16.7 Å². The van der Waals surface area contributed by atoms with E-state index in [1.165, 1.54) is 0 Å². The van der Waals surface area contributed by atoms with Crippen LogP contribution in [0.15, 0.2) is 42.5 Å². The molecule has 180 valence electrons. The highest BCUT2D eigenvalue weighted by atomic mass is 35.5. The molecule has 2 fully saturated rings. The number of aromatic nitrogens is 4. The monoisotopic (exact) mass is 480 g/mol. The molecule has 0 radical (unpaired) electrons. The van der Waals surface area contributed by atoms with Crippen LogP contribution in [0.25, 0.3) is 17.1 Å². The topological polar surface area (TPSA) is 70.3 Å². The van der Waals surface area contributed by atoms with Crippen molar-refractivity contribution < 1.29 is 5.11 Å². The zero-order valence-electron chi connectivity index (χ0n) is 19.8. The Balaban J connectivity index is 1.28. The molecule has 3 aromatic rings. The van der Waals surface area contributed by atoms with Crippen LogP contribution in [0, 0.1) is 6.92 Å². The van der Waals surface area contributed by atoms with Gasteiger partial charge in [0.2, 0.25) is 0 Å². The molecule has 2 saturated heterocycles. The van der Waals surface area contributed by atoms with Gasteiger partial charge in [-0.1, -0.05) is 23.7 Å². The van der Waals surface area contributed by atoms with Gasteiger partial charge in [0, 0.05) is 42.7 Å². The fraction of sp³-hybridized carbons (Fsp3) is 0.500. The van der Waals surface area contributed by atoms with E-state index in [9.17, 15) is 5.11 Å². The van der Waals surface area contributed by atoms with E-state index in [0.29, 0.717) is 5.92 Å². The molecule has 2 aliphatic rings. The molecule has 4 heterocycles. The quantitative estimate of drug-likeness (QED) is 0.576. The molecule has 7 nitrogen and oxygen atoms in total. The van der Waals surface area contributed by atoms with Gasteiger partial charge in [-0.15, -0.1) is 5.10 Å². The number of rotatable bonds is 6. The summed E-state index contributed by atoms with van der Waals surface area (Å²) in [5.41, 5.74) is 4.09. The number of likely N-dealkylation sites (tertiary alicyclic amines) is 2. The zero-order chi connectivity index (χ0) is 23.5. The molecule has 0 bridgehead atoms. The lowest BCUT2D eigenvalue weighted by Crippen LogP contribution is -2.42. The minimum atomic E-state index is -0.101. The smallest absolute Gasteiger partial charge is 0.176 e. The molecule has 34 heavy (non-hydrogen) atoms. The Hall–Kier alpha value is -2.32. The largest absolute Gasteiger partial charge is 0.393 e. The molecule has 0 saturated carbocycles. The summed E-state index contributed by atoms with van der Waals surface area (Å²) in [6.07, 6.45) is 3.93. The fourth-order valence-corrected chi connectivity index (χ4v) is 5.11. The predicted molar refractivity (Wildman–Crippen MR) is 134 cm³/mol. The first-order valence-corrected chi connectivity index (χ1v) is 12.7. The highest BCUT2D eigenvalue weighted by Gasteiger charge is 2.25. The Morgan fingerprint density at radius 1 is 0.882 bits per heavy atom. The second-order valence-corrected chi connectivity index (χ2v) is 10.0. The molecule has 0 aliphatic carbocycles. The van der Waals surface area contributed by atoms with Crippen LogP contribution in [0.2, 0.25) is 5.02 Å². The number of benzene rings is 1. The van der Waals surface area contributed by atoms with Crippen molar-refractivity contribution >= 4 is 11.6 Å². The summed E-state index contributed by atoms with van der Waals surface area (Å²) in [4.78, 5) is 5.06. The molecule has 8 heteroatoms. The van der Waals surface area contributed by atoms with Crippen molar-refractivity contribution in [3.05, 3.63) is 58.9 Å².